The summed E-state index contributed by atoms with van der Waals surface area (Å²) in [5, 5.41) is 6.03. The third-order valence-corrected chi connectivity index (χ3v) is 2.49. The number of nitrogens with two attached hydrogens (primary N) is 1. The summed E-state index contributed by atoms with van der Waals surface area (Å²) in [6, 6.07) is 3.80. The molecule has 5 heteroatoms. The molecule has 1 aromatic heterocycles. The molecule has 0 radical (unpaired) electrons. The fourth-order valence-electron chi connectivity index (χ4n) is 1.28. The molecule has 0 saturated heterocycles. The van der Waals surface area contributed by atoms with Gasteiger partial charge in [0, 0.05) is 19.0 Å². The number of nitrogen functional groups attached to an aromatic ring is 1. The van der Waals surface area contributed by atoms with Crippen LogP contribution < -0.4 is 16.4 Å². The van der Waals surface area contributed by atoms with E-state index in [1.807, 2.05) is 19.9 Å². The predicted molar refractivity (Wildman–Crippen MR) is 69.7 cm³/mol. The zero-order valence-electron chi connectivity index (χ0n) is 10.4. The molecule has 4 N–H and O–H groups in total. The second-order valence-corrected chi connectivity index (χ2v) is 4.03. The molecule has 0 aromatic carbocycles. The van der Waals surface area contributed by atoms with Crippen LogP contribution >= 0.6 is 0 Å². The Bertz CT molecular complexity index is 350. The summed E-state index contributed by atoms with van der Waals surface area (Å²) in [7, 11) is 0. The largest absolute Gasteiger partial charge is 0.384 e. The fourth-order valence-corrected chi connectivity index (χ4v) is 1.28. The van der Waals surface area contributed by atoms with Gasteiger partial charge in [0.15, 0.2) is 0 Å². The summed E-state index contributed by atoms with van der Waals surface area (Å²) in [4.78, 5) is 15.4. The van der Waals surface area contributed by atoms with Crippen molar-refractivity contribution in [3.05, 3.63) is 18.3 Å². The van der Waals surface area contributed by atoms with Crippen molar-refractivity contribution < 1.29 is 4.79 Å². The van der Waals surface area contributed by atoms with Crippen molar-refractivity contribution in [2.45, 2.75) is 32.7 Å². The number of pyridine rings is 1. The first kappa shape index (κ1) is 13.3. The number of anilines is 2. The lowest BCUT2D eigenvalue weighted by atomic mass is 10.2. The van der Waals surface area contributed by atoms with Gasteiger partial charge in [0.1, 0.15) is 5.82 Å². The molecule has 0 aliphatic heterocycles. The normalized spacial score (nSPS) is 11.9. The Morgan fingerprint density at radius 2 is 2.29 bits per heavy atom. The second-order valence-electron chi connectivity index (χ2n) is 4.03. The number of hydrogen-bond donors (Lipinski definition) is 3. The van der Waals surface area contributed by atoms with Gasteiger partial charge < -0.3 is 16.4 Å². The first-order valence-corrected chi connectivity index (χ1v) is 5.86. The molecule has 0 spiro atoms. The number of hydrogen-bond acceptors (Lipinski definition) is 4. The smallest absolute Gasteiger partial charge is 0.221 e. The number of rotatable bonds is 6. The van der Waals surface area contributed by atoms with Crippen molar-refractivity contribution in [1.29, 1.82) is 0 Å². The molecule has 1 atom stereocenters. The molecule has 1 unspecified atom stereocenters. The summed E-state index contributed by atoms with van der Waals surface area (Å²) >= 11 is 0. The molecule has 94 valence electrons. The van der Waals surface area contributed by atoms with Crippen LogP contribution in [0.15, 0.2) is 18.3 Å². The summed E-state index contributed by atoms with van der Waals surface area (Å²) in [6.45, 7) is 4.63. The molecule has 1 amide bonds. The molecule has 5 nitrogen and oxygen atoms in total. The van der Waals surface area contributed by atoms with Crippen molar-refractivity contribution in [1.82, 2.24) is 10.3 Å². The van der Waals surface area contributed by atoms with E-state index >= 15 is 0 Å². The predicted octanol–water partition coefficient (Wildman–Crippen LogP) is 1.38. The Labute approximate surface area is 102 Å². The van der Waals surface area contributed by atoms with Crippen molar-refractivity contribution in [3.63, 3.8) is 0 Å². The van der Waals surface area contributed by atoms with Crippen molar-refractivity contribution in [2.24, 2.45) is 0 Å². The second kappa shape index (κ2) is 6.73. The number of nitrogens with zero attached hydrogens (tertiary/aromatic N) is 1. The van der Waals surface area contributed by atoms with E-state index in [0.29, 0.717) is 18.8 Å². The molecule has 17 heavy (non-hydrogen) atoms. The maximum atomic E-state index is 11.5. The average molecular weight is 236 g/mol. The zero-order chi connectivity index (χ0) is 12.7. The van der Waals surface area contributed by atoms with Gasteiger partial charge in [-0.25, -0.2) is 4.98 Å². The topological polar surface area (TPSA) is 80.0 Å². The summed E-state index contributed by atoms with van der Waals surface area (Å²) < 4.78 is 0. The molecule has 1 rings (SSSR count). The number of carbonyl (C=O) groups is 1. The first-order valence-electron chi connectivity index (χ1n) is 5.86. The lowest BCUT2D eigenvalue weighted by Gasteiger charge is -2.11. The summed E-state index contributed by atoms with van der Waals surface area (Å²) in [5.41, 5.74) is 6.34. The lowest BCUT2D eigenvalue weighted by Crippen LogP contribution is -2.32. The molecule has 0 fully saturated rings. The number of nitrogens with one attached hydrogen (secondary N) is 2. The highest BCUT2D eigenvalue weighted by Gasteiger charge is 2.04. The van der Waals surface area contributed by atoms with Crippen LogP contribution in [0.25, 0.3) is 0 Å². The van der Waals surface area contributed by atoms with Gasteiger partial charge in [-0.2, -0.15) is 0 Å². The molecular weight excluding hydrogens is 216 g/mol. The standard InChI is InChI=1S/C12H20N4O/c1-3-9(2)16-12(17)6-7-14-10-4-5-11(13)15-8-10/h4-5,8-9,14H,3,6-7H2,1-2H3,(H2,13,15)(H,16,17). The maximum Gasteiger partial charge on any atom is 0.221 e. The molecule has 0 bridgehead atoms. The first-order chi connectivity index (χ1) is 8.11. The van der Waals surface area contributed by atoms with E-state index in [1.165, 1.54) is 0 Å². The molecule has 0 aliphatic carbocycles. The van der Waals surface area contributed by atoms with E-state index in [1.54, 1.807) is 12.3 Å². The fraction of sp³-hybridized carbons (Fsp3) is 0.500. The zero-order valence-corrected chi connectivity index (χ0v) is 10.4. The Morgan fingerprint density at radius 1 is 1.53 bits per heavy atom. The van der Waals surface area contributed by atoms with Crippen molar-refractivity contribution in [2.75, 3.05) is 17.6 Å². The van der Waals surface area contributed by atoms with E-state index in [-0.39, 0.29) is 11.9 Å². The van der Waals surface area contributed by atoms with Gasteiger partial charge in [-0.1, -0.05) is 6.92 Å². The van der Waals surface area contributed by atoms with Crippen LogP contribution in [0.2, 0.25) is 0 Å². The molecule has 1 aromatic rings. The van der Waals surface area contributed by atoms with Gasteiger partial charge in [0.25, 0.3) is 0 Å². The summed E-state index contributed by atoms with van der Waals surface area (Å²) in [6.07, 6.45) is 3.05. The highest BCUT2D eigenvalue weighted by molar-refractivity contribution is 5.76. The minimum absolute atomic E-state index is 0.0651. The Hall–Kier alpha value is -1.78. The quantitative estimate of drug-likeness (QED) is 0.697. The van der Waals surface area contributed by atoms with E-state index < -0.39 is 0 Å². The van der Waals surface area contributed by atoms with Crippen LogP contribution in [0.5, 0.6) is 0 Å². The Kier molecular flexibility index (Phi) is 5.26. The average Bonchev–Trinajstić information content (AvgIpc) is 2.31. The Balaban J connectivity index is 2.23. The molecule has 0 aliphatic rings. The van der Waals surface area contributed by atoms with Crippen LogP contribution in [0.4, 0.5) is 11.5 Å². The van der Waals surface area contributed by atoms with Crippen molar-refractivity contribution in [3.8, 4) is 0 Å². The van der Waals surface area contributed by atoms with Crippen LogP contribution in [0, 0.1) is 0 Å². The van der Waals surface area contributed by atoms with E-state index in [4.69, 9.17) is 5.73 Å². The Morgan fingerprint density at radius 3 is 2.88 bits per heavy atom. The summed E-state index contributed by atoms with van der Waals surface area (Å²) in [5.74, 6) is 0.556. The van der Waals surface area contributed by atoms with Crippen LogP contribution in [-0.4, -0.2) is 23.5 Å². The number of amides is 1. The number of aromatic nitrogens is 1. The van der Waals surface area contributed by atoms with Crippen LogP contribution in [-0.2, 0) is 4.79 Å². The third-order valence-electron chi connectivity index (χ3n) is 2.49. The molecular formula is C12H20N4O. The van der Waals surface area contributed by atoms with Gasteiger partial charge >= 0.3 is 0 Å². The van der Waals surface area contributed by atoms with Crippen LogP contribution in [0.1, 0.15) is 26.7 Å². The maximum absolute atomic E-state index is 11.5. The van der Waals surface area contributed by atoms with E-state index in [9.17, 15) is 4.79 Å². The highest BCUT2D eigenvalue weighted by atomic mass is 16.1. The number of carbonyl (C=O) groups excluding carboxylic acids is 1. The van der Waals surface area contributed by atoms with E-state index in [0.717, 1.165) is 12.1 Å². The van der Waals surface area contributed by atoms with Gasteiger partial charge in [0.2, 0.25) is 5.91 Å². The van der Waals surface area contributed by atoms with Gasteiger partial charge in [-0.05, 0) is 25.5 Å². The molecule has 0 saturated carbocycles. The molecule has 1 heterocycles. The van der Waals surface area contributed by atoms with Crippen LogP contribution in [0.3, 0.4) is 0 Å². The minimum atomic E-state index is 0.0651. The van der Waals surface area contributed by atoms with E-state index in [2.05, 4.69) is 15.6 Å². The SMILES string of the molecule is CCC(C)NC(=O)CCNc1ccc(N)nc1. The van der Waals surface area contributed by atoms with Gasteiger partial charge in [-0.3, -0.25) is 4.79 Å². The minimum Gasteiger partial charge on any atom is -0.384 e. The van der Waals surface area contributed by atoms with Gasteiger partial charge in [-0.15, -0.1) is 0 Å². The van der Waals surface area contributed by atoms with Crippen molar-refractivity contribution >= 4 is 17.4 Å². The van der Waals surface area contributed by atoms with Gasteiger partial charge in [0.05, 0.1) is 11.9 Å². The highest BCUT2D eigenvalue weighted by Crippen LogP contribution is 2.06. The lowest BCUT2D eigenvalue weighted by molar-refractivity contribution is -0.121. The monoisotopic (exact) mass is 236 g/mol. The third kappa shape index (κ3) is 5.19.